The van der Waals surface area contributed by atoms with E-state index in [1.807, 2.05) is 0 Å². The molecule has 1 atom stereocenters. The van der Waals surface area contributed by atoms with Crippen molar-refractivity contribution in [3.05, 3.63) is 65.2 Å². The number of hydrogen-bond donors (Lipinski definition) is 4. The number of benzene rings is 2. The predicted molar refractivity (Wildman–Crippen MR) is 120 cm³/mol. The van der Waals surface area contributed by atoms with E-state index in [2.05, 4.69) is 15.4 Å². The summed E-state index contributed by atoms with van der Waals surface area (Å²) >= 11 is 0. The second-order valence-electron chi connectivity index (χ2n) is 7.54. The van der Waals surface area contributed by atoms with Gasteiger partial charge >= 0.3 is 0 Å². The Morgan fingerprint density at radius 1 is 0.939 bits per heavy atom. The zero-order valence-corrected chi connectivity index (χ0v) is 18.7. The molecule has 0 spiro atoms. The Bertz CT molecular complexity index is 1090. The molecule has 0 saturated carbocycles. The van der Waals surface area contributed by atoms with Crippen LogP contribution in [0.3, 0.4) is 0 Å². The fourth-order valence-electron chi connectivity index (χ4n) is 3.20. The third kappa shape index (κ3) is 7.11. The molecule has 1 aliphatic rings. The highest BCUT2D eigenvalue weighted by Gasteiger charge is 2.20. The first-order valence-electron chi connectivity index (χ1n) is 10.4. The van der Waals surface area contributed by atoms with Crippen molar-refractivity contribution in [1.29, 1.82) is 0 Å². The molecule has 3 amide bonds. The summed E-state index contributed by atoms with van der Waals surface area (Å²) in [5.74, 6) is -1.43. The van der Waals surface area contributed by atoms with Crippen molar-refractivity contribution < 1.29 is 27.5 Å². The van der Waals surface area contributed by atoms with Crippen LogP contribution in [0, 0.1) is 0 Å². The molecule has 33 heavy (non-hydrogen) atoms. The first-order chi connectivity index (χ1) is 15.7. The van der Waals surface area contributed by atoms with Gasteiger partial charge in [0.1, 0.15) is 0 Å². The van der Waals surface area contributed by atoms with Crippen molar-refractivity contribution in [2.24, 2.45) is 5.73 Å². The summed E-state index contributed by atoms with van der Waals surface area (Å²) in [7, 11) is -3.69. The Morgan fingerprint density at radius 2 is 1.55 bits per heavy atom. The molecule has 1 fully saturated rings. The van der Waals surface area contributed by atoms with Crippen LogP contribution < -0.4 is 21.1 Å². The summed E-state index contributed by atoms with van der Waals surface area (Å²) < 4.78 is 32.8. The molecule has 1 heterocycles. The third-order valence-corrected chi connectivity index (χ3v) is 6.48. The van der Waals surface area contributed by atoms with E-state index in [-0.39, 0.29) is 36.5 Å². The van der Waals surface area contributed by atoms with Gasteiger partial charge in [0, 0.05) is 30.8 Å². The number of carbonyl (C=O) groups is 3. The smallest absolute Gasteiger partial charge is 0.251 e. The highest BCUT2D eigenvalue weighted by molar-refractivity contribution is 7.89. The van der Waals surface area contributed by atoms with Crippen LogP contribution in [0.15, 0.2) is 53.4 Å². The van der Waals surface area contributed by atoms with Crippen LogP contribution in [-0.4, -0.2) is 51.9 Å². The van der Waals surface area contributed by atoms with Crippen molar-refractivity contribution in [3.63, 3.8) is 0 Å². The highest BCUT2D eigenvalue weighted by atomic mass is 32.2. The SMILES string of the molecule is NC(=O)CNC(=O)c1ccc(CNC(=O)c2ccc(S(=O)(=O)NCC3CCCO3)cc2)cc1. The van der Waals surface area contributed by atoms with Crippen LogP contribution in [0.25, 0.3) is 0 Å². The van der Waals surface area contributed by atoms with Gasteiger partial charge in [0.25, 0.3) is 11.8 Å². The maximum atomic E-state index is 12.4. The van der Waals surface area contributed by atoms with E-state index in [1.165, 1.54) is 24.3 Å². The number of ether oxygens (including phenoxy) is 1. The fraction of sp³-hybridized carbons (Fsp3) is 0.318. The second-order valence-corrected chi connectivity index (χ2v) is 9.31. The lowest BCUT2D eigenvalue weighted by atomic mass is 10.1. The van der Waals surface area contributed by atoms with E-state index in [1.54, 1.807) is 24.3 Å². The molecule has 0 bridgehead atoms. The number of amides is 3. The number of carbonyl (C=O) groups excluding carboxylic acids is 3. The Hall–Kier alpha value is -3.28. The van der Waals surface area contributed by atoms with Crippen molar-refractivity contribution in [3.8, 4) is 0 Å². The minimum atomic E-state index is -3.69. The molecule has 5 N–H and O–H groups in total. The minimum absolute atomic E-state index is 0.0715. The molecule has 10 nitrogen and oxygen atoms in total. The lowest BCUT2D eigenvalue weighted by molar-refractivity contribution is -0.117. The molecule has 0 aromatic heterocycles. The quantitative estimate of drug-likeness (QED) is 0.388. The maximum absolute atomic E-state index is 12.4. The standard InChI is InChI=1S/C22H26N4O6S/c23-20(27)14-25-22(29)16-5-3-15(4-6-16)12-24-21(28)17-7-9-19(10-8-17)33(30,31)26-13-18-2-1-11-32-18/h3-10,18,26H,1-2,11-14H2,(H2,23,27)(H,24,28)(H,25,29). The summed E-state index contributed by atoms with van der Waals surface area (Å²) in [5, 5.41) is 5.13. The number of nitrogens with one attached hydrogen (secondary N) is 3. The molecule has 1 aliphatic heterocycles. The van der Waals surface area contributed by atoms with Gasteiger partial charge in [0.15, 0.2) is 0 Å². The summed E-state index contributed by atoms with van der Waals surface area (Å²) in [6.45, 7) is 0.829. The Morgan fingerprint density at radius 3 is 2.12 bits per heavy atom. The van der Waals surface area contributed by atoms with Gasteiger partial charge in [0.05, 0.1) is 17.5 Å². The lowest BCUT2D eigenvalue weighted by Gasteiger charge is -2.12. The van der Waals surface area contributed by atoms with Crippen LogP contribution >= 0.6 is 0 Å². The van der Waals surface area contributed by atoms with E-state index in [4.69, 9.17) is 10.5 Å². The van der Waals surface area contributed by atoms with E-state index in [0.29, 0.717) is 17.7 Å². The molecule has 2 aromatic rings. The first kappa shape index (κ1) is 24.4. The lowest BCUT2D eigenvalue weighted by Crippen LogP contribution is -2.33. The molecular weight excluding hydrogens is 448 g/mol. The Balaban J connectivity index is 1.51. The van der Waals surface area contributed by atoms with E-state index in [9.17, 15) is 22.8 Å². The van der Waals surface area contributed by atoms with Gasteiger partial charge in [0.2, 0.25) is 15.9 Å². The van der Waals surface area contributed by atoms with Crippen LogP contribution in [0.4, 0.5) is 0 Å². The molecule has 0 aliphatic carbocycles. The number of primary amides is 1. The van der Waals surface area contributed by atoms with Gasteiger partial charge in [-0.05, 0) is 54.8 Å². The molecule has 176 valence electrons. The normalized spacial score (nSPS) is 15.7. The second kappa shape index (κ2) is 11.0. The number of sulfonamides is 1. The molecular formula is C22H26N4O6S. The minimum Gasteiger partial charge on any atom is -0.377 e. The summed E-state index contributed by atoms with van der Waals surface area (Å²) in [6, 6.07) is 12.1. The number of hydrogen-bond acceptors (Lipinski definition) is 6. The highest BCUT2D eigenvalue weighted by Crippen LogP contribution is 2.14. The average molecular weight is 475 g/mol. The van der Waals surface area contributed by atoms with E-state index < -0.39 is 21.8 Å². The van der Waals surface area contributed by atoms with Gasteiger partial charge in [-0.1, -0.05) is 12.1 Å². The molecule has 2 aromatic carbocycles. The van der Waals surface area contributed by atoms with Gasteiger partial charge in [-0.15, -0.1) is 0 Å². The van der Waals surface area contributed by atoms with Crippen LogP contribution in [0.5, 0.6) is 0 Å². The van der Waals surface area contributed by atoms with Gasteiger partial charge in [-0.2, -0.15) is 0 Å². The fourth-order valence-corrected chi connectivity index (χ4v) is 4.27. The monoisotopic (exact) mass is 474 g/mol. The van der Waals surface area contributed by atoms with Crippen molar-refractivity contribution in [1.82, 2.24) is 15.4 Å². The summed E-state index contributed by atoms with van der Waals surface area (Å²) in [5.41, 5.74) is 6.42. The molecule has 3 rings (SSSR count). The zero-order valence-electron chi connectivity index (χ0n) is 17.9. The largest absolute Gasteiger partial charge is 0.377 e. The van der Waals surface area contributed by atoms with E-state index in [0.717, 1.165) is 18.4 Å². The Labute approximate surface area is 191 Å². The van der Waals surface area contributed by atoms with Crippen LogP contribution in [0.1, 0.15) is 39.1 Å². The van der Waals surface area contributed by atoms with Crippen molar-refractivity contribution >= 4 is 27.7 Å². The van der Waals surface area contributed by atoms with Gasteiger partial charge < -0.3 is 21.1 Å². The van der Waals surface area contributed by atoms with Crippen molar-refractivity contribution in [2.45, 2.75) is 30.4 Å². The van der Waals surface area contributed by atoms with Crippen molar-refractivity contribution in [2.75, 3.05) is 19.7 Å². The zero-order chi connectivity index (χ0) is 23.8. The van der Waals surface area contributed by atoms with Gasteiger partial charge in [-0.3, -0.25) is 14.4 Å². The van der Waals surface area contributed by atoms with Crippen LogP contribution in [-0.2, 0) is 26.1 Å². The van der Waals surface area contributed by atoms with Crippen LogP contribution in [0.2, 0.25) is 0 Å². The third-order valence-electron chi connectivity index (χ3n) is 5.04. The molecule has 0 radical (unpaired) electrons. The maximum Gasteiger partial charge on any atom is 0.251 e. The van der Waals surface area contributed by atoms with E-state index >= 15 is 0 Å². The molecule has 1 saturated heterocycles. The summed E-state index contributed by atoms with van der Waals surface area (Å²) in [4.78, 5) is 35.1. The number of rotatable bonds is 10. The topological polar surface area (TPSA) is 157 Å². The first-order valence-corrected chi connectivity index (χ1v) is 11.9. The predicted octanol–water partition coefficient (Wildman–Crippen LogP) is 0.289. The number of nitrogens with two attached hydrogens (primary N) is 1. The van der Waals surface area contributed by atoms with Gasteiger partial charge in [-0.25, -0.2) is 13.1 Å². The molecule has 11 heteroatoms. The average Bonchev–Trinajstić information content (AvgIpc) is 3.34. The Kier molecular flexibility index (Phi) is 8.15. The summed E-state index contributed by atoms with van der Waals surface area (Å²) in [6.07, 6.45) is 1.64. The molecule has 1 unspecified atom stereocenters.